The van der Waals surface area contributed by atoms with Crippen molar-refractivity contribution in [3.8, 4) is 0 Å². The lowest BCUT2D eigenvalue weighted by Crippen LogP contribution is -2.45. The molecule has 0 radical (unpaired) electrons. The Hall–Kier alpha value is -1.69. The average molecular weight is 315 g/mol. The summed E-state index contributed by atoms with van der Waals surface area (Å²) in [5, 5.41) is 4.37. The van der Waals surface area contributed by atoms with E-state index in [0.29, 0.717) is 5.56 Å². The van der Waals surface area contributed by atoms with Gasteiger partial charge in [0.15, 0.2) is 0 Å². The van der Waals surface area contributed by atoms with Gasteiger partial charge < -0.3 is 5.73 Å². The number of hydrogen-bond donors (Lipinski definition) is 1. The average Bonchev–Trinajstić information content (AvgIpc) is 3.03. The first-order valence-corrected chi connectivity index (χ1v) is 8.49. The topological polar surface area (TPSA) is 49.6 Å². The summed E-state index contributed by atoms with van der Waals surface area (Å²) in [6.45, 7) is 6.38. The molecule has 1 aliphatic heterocycles. The molecule has 5 heteroatoms. The molecule has 0 unspecified atom stereocenters. The number of rotatable bonds is 5. The molecule has 3 rings (SSSR count). The molecular formula is C17H21N3OS. The summed E-state index contributed by atoms with van der Waals surface area (Å²) in [5.74, 6) is -0.367. The van der Waals surface area contributed by atoms with Crippen LogP contribution in [0.2, 0.25) is 0 Å². The van der Waals surface area contributed by atoms with Crippen LogP contribution in [-0.2, 0) is 13.1 Å². The van der Waals surface area contributed by atoms with Gasteiger partial charge in [-0.25, -0.2) is 0 Å². The number of carbonyl (C=O) groups excluding carboxylic acids is 1. The fourth-order valence-corrected chi connectivity index (χ4v) is 3.44. The highest BCUT2D eigenvalue weighted by Gasteiger charge is 2.17. The van der Waals surface area contributed by atoms with E-state index in [2.05, 4.69) is 26.6 Å². The molecule has 1 fully saturated rings. The molecule has 22 heavy (non-hydrogen) atoms. The summed E-state index contributed by atoms with van der Waals surface area (Å²) in [6.07, 6.45) is 0. The van der Waals surface area contributed by atoms with Gasteiger partial charge >= 0.3 is 0 Å². The number of thiophene rings is 1. The molecule has 1 aliphatic rings. The number of benzene rings is 1. The van der Waals surface area contributed by atoms with Crippen molar-refractivity contribution in [1.29, 1.82) is 0 Å². The Morgan fingerprint density at radius 2 is 1.55 bits per heavy atom. The summed E-state index contributed by atoms with van der Waals surface area (Å²) in [4.78, 5) is 16.0. The van der Waals surface area contributed by atoms with Crippen molar-refractivity contribution in [3.05, 3.63) is 57.8 Å². The molecule has 1 saturated heterocycles. The molecular weight excluding hydrogens is 294 g/mol. The Kier molecular flexibility index (Phi) is 4.87. The fraction of sp³-hybridized carbons (Fsp3) is 0.353. The highest BCUT2D eigenvalue weighted by molar-refractivity contribution is 7.07. The predicted molar refractivity (Wildman–Crippen MR) is 89.8 cm³/mol. The monoisotopic (exact) mass is 315 g/mol. The minimum atomic E-state index is -0.367. The molecule has 2 N–H and O–H groups in total. The first kappa shape index (κ1) is 15.2. The lowest BCUT2D eigenvalue weighted by Gasteiger charge is -2.34. The van der Waals surface area contributed by atoms with Crippen LogP contribution in [0.15, 0.2) is 41.1 Å². The van der Waals surface area contributed by atoms with E-state index < -0.39 is 0 Å². The van der Waals surface area contributed by atoms with Gasteiger partial charge in [-0.05, 0) is 40.1 Å². The molecule has 4 nitrogen and oxygen atoms in total. The quantitative estimate of drug-likeness (QED) is 0.920. The fourth-order valence-electron chi connectivity index (χ4n) is 2.78. The van der Waals surface area contributed by atoms with E-state index in [1.54, 1.807) is 11.3 Å². The summed E-state index contributed by atoms with van der Waals surface area (Å²) < 4.78 is 0. The highest BCUT2D eigenvalue weighted by atomic mass is 32.1. The molecule has 0 bridgehead atoms. The highest BCUT2D eigenvalue weighted by Crippen LogP contribution is 2.13. The van der Waals surface area contributed by atoms with Crippen LogP contribution in [0.25, 0.3) is 0 Å². The lowest BCUT2D eigenvalue weighted by molar-refractivity contribution is 0.1000. The molecule has 2 aromatic rings. The van der Waals surface area contributed by atoms with Gasteiger partial charge in [0, 0.05) is 44.8 Å². The van der Waals surface area contributed by atoms with E-state index >= 15 is 0 Å². The largest absolute Gasteiger partial charge is 0.366 e. The molecule has 116 valence electrons. The maximum atomic E-state index is 11.1. The normalized spacial score (nSPS) is 16.7. The number of hydrogen-bond acceptors (Lipinski definition) is 4. The minimum Gasteiger partial charge on any atom is -0.366 e. The number of piperazine rings is 1. The van der Waals surface area contributed by atoms with Crippen LogP contribution in [-0.4, -0.2) is 41.9 Å². The minimum absolute atomic E-state index is 0.367. The van der Waals surface area contributed by atoms with E-state index in [0.717, 1.165) is 39.3 Å². The molecule has 0 saturated carbocycles. The van der Waals surface area contributed by atoms with Crippen LogP contribution in [0.3, 0.4) is 0 Å². The van der Waals surface area contributed by atoms with E-state index in [-0.39, 0.29) is 5.91 Å². The third-order valence-corrected chi connectivity index (χ3v) is 4.83. The smallest absolute Gasteiger partial charge is 0.248 e. The van der Waals surface area contributed by atoms with Crippen molar-refractivity contribution in [1.82, 2.24) is 9.80 Å². The number of carbonyl (C=O) groups is 1. The van der Waals surface area contributed by atoms with Crippen LogP contribution in [0.4, 0.5) is 0 Å². The third-order valence-electron chi connectivity index (χ3n) is 4.10. The van der Waals surface area contributed by atoms with Crippen LogP contribution in [0.5, 0.6) is 0 Å². The maximum absolute atomic E-state index is 11.1. The van der Waals surface area contributed by atoms with Gasteiger partial charge in [0.2, 0.25) is 5.91 Å². The Morgan fingerprint density at radius 3 is 2.05 bits per heavy atom. The van der Waals surface area contributed by atoms with Gasteiger partial charge in [-0.15, -0.1) is 0 Å². The van der Waals surface area contributed by atoms with Gasteiger partial charge in [0.1, 0.15) is 0 Å². The van der Waals surface area contributed by atoms with Crippen molar-refractivity contribution < 1.29 is 4.79 Å². The summed E-state index contributed by atoms with van der Waals surface area (Å²) in [7, 11) is 0. The van der Waals surface area contributed by atoms with Crippen molar-refractivity contribution in [2.45, 2.75) is 13.1 Å². The molecule has 0 spiro atoms. The van der Waals surface area contributed by atoms with Crippen molar-refractivity contribution >= 4 is 17.2 Å². The van der Waals surface area contributed by atoms with Gasteiger partial charge in [0.05, 0.1) is 0 Å². The van der Waals surface area contributed by atoms with Gasteiger partial charge in [-0.1, -0.05) is 12.1 Å². The SMILES string of the molecule is NC(=O)c1ccc(CN2CCN(Cc3ccsc3)CC2)cc1. The van der Waals surface area contributed by atoms with Crippen molar-refractivity contribution in [2.24, 2.45) is 5.73 Å². The first-order chi connectivity index (χ1) is 10.7. The second kappa shape index (κ2) is 7.05. The summed E-state index contributed by atoms with van der Waals surface area (Å²) >= 11 is 1.76. The molecule has 1 aromatic heterocycles. The van der Waals surface area contributed by atoms with Crippen LogP contribution >= 0.6 is 11.3 Å². The van der Waals surface area contributed by atoms with E-state index in [9.17, 15) is 4.79 Å². The van der Waals surface area contributed by atoms with Crippen molar-refractivity contribution in [3.63, 3.8) is 0 Å². The van der Waals surface area contributed by atoms with E-state index in [4.69, 9.17) is 5.73 Å². The lowest BCUT2D eigenvalue weighted by atomic mass is 10.1. The van der Waals surface area contributed by atoms with Gasteiger partial charge in [0.25, 0.3) is 0 Å². The zero-order valence-corrected chi connectivity index (χ0v) is 13.4. The number of nitrogens with zero attached hydrogens (tertiary/aromatic N) is 2. The van der Waals surface area contributed by atoms with Crippen LogP contribution < -0.4 is 5.73 Å². The Balaban J connectivity index is 1.48. The second-order valence-corrected chi connectivity index (χ2v) is 6.53. The zero-order valence-electron chi connectivity index (χ0n) is 12.6. The molecule has 1 aromatic carbocycles. The van der Waals surface area contributed by atoms with Crippen molar-refractivity contribution in [2.75, 3.05) is 26.2 Å². The Morgan fingerprint density at radius 1 is 0.955 bits per heavy atom. The second-order valence-electron chi connectivity index (χ2n) is 5.75. The maximum Gasteiger partial charge on any atom is 0.248 e. The van der Waals surface area contributed by atoms with E-state index in [1.807, 2.05) is 24.3 Å². The standard InChI is InChI=1S/C17H21N3OS/c18-17(21)16-3-1-14(2-4-16)11-19-6-8-20(9-7-19)12-15-5-10-22-13-15/h1-5,10,13H,6-9,11-12H2,(H2,18,21). The molecule has 0 aliphatic carbocycles. The molecule has 2 heterocycles. The molecule has 1 amide bonds. The number of nitrogens with two attached hydrogens (primary N) is 1. The van der Waals surface area contributed by atoms with Gasteiger partial charge in [-0.2, -0.15) is 11.3 Å². The number of primary amides is 1. The number of amides is 1. The summed E-state index contributed by atoms with van der Waals surface area (Å²) in [5.41, 5.74) is 8.49. The third kappa shape index (κ3) is 3.94. The van der Waals surface area contributed by atoms with E-state index in [1.165, 1.54) is 11.1 Å². The van der Waals surface area contributed by atoms with Crippen LogP contribution in [0, 0.1) is 0 Å². The molecule has 0 atom stereocenters. The van der Waals surface area contributed by atoms with Gasteiger partial charge in [-0.3, -0.25) is 14.6 Å². The Labute approximate surface area is 135 Å². The van der Waals surface area contributed by atoms with Crippen LogP contribution in [0.1, 0.15) is 21.5 Å². The zero-order chi connectivity index (χ0) is 15.4. The Bertz CT molecular complexity index is 601. The predicted octanol–water partition coefficient (Wildman–Crippen LogP) is 2.16. The first-order valence-electron chi connectivity index (χ1n) is 7.55. The summed E-state index contributed by atoms with van der Waals surface area (Å²) in [6, 6.07) is 9.82.